The maximum Gasteiger partial charge on any atom is 0.407 e. The first-order valence-corrected chi connectivity index (χ1v) is 50.9. The van der Waals surface area contributed by atoms with Crippen molar-refractivity contribution in [3.05, 3.63) is 89.5 Å². The second-order valence-corrected chi connectivity index (χ2v) is 40.7. The molecule has 2 aliphatic heterocycles. The van der Waals surface area contributed by atoms with Crippen molar-refractivity contribution < 1.29 is 95.7 Å². The minimum Gasteiger partial charge on any atom is -0.494 e. The zero-order chi connectivity index (χ0) is 104. The van der Waals surface area contributed by atoms with E-state index in [0.29, 0.717) is 144 Å². The van der Waals surface area contributed by atoms with Gasteiger partial charge in [0.1, 0.15) is 43.1 Å². The van der Waals surface area contributed by atoms with Crippen LogP contribution >= 0.6 is 23.5 Å². The van der Waals surface area contributed by atoms with Crippen LogP contribution in [0.1, 0.15) is 263 Å². The van der Waals surface area contributed by atoms with E-state index in [1.54, 1.807) is 96.5 Å². The SMILES string of the molecule is CNC(=O)CCCOc1ccc(/C(C)=N/NC(=O)CC(C)(C)C(C)C)cc1.CSC1CC(=O)N(CCCCCC(=O)N[C@H](C(=O)N[C@@H](C)C(=O)Nc2ccc(COC(=O)NCCNC(=O)CCC(C)(C)C(C)C)cc2)C(C)C)C1=O.CSC1CC(=O)N(CCCCCC(=O)N[C@H](C(=O)N[C@@H](CCCNC(N)=O)C(=O)Nc2ccc(COC(=O)NCCNC(=O)CCC(C)(C)C(C)C)cc2)C(C)C)C1=O. The molecular formula is C100H159N17O20S2. The number of likely N-dealkylation sites (tertiary alicyclic amines) is 2. The predicted octanol–water partition coefficient (Wildman–Crippen LogP) is 11.2. The van der Waals surface area contributed by atoms with Crippen molar-refractivity contribution in [2.75, 3.05) is 82.6 Å². The van der Waals surface area contributed by atoms with E-state index < -0.39 is 66.0 Å². The quantitative estimate of drug-likeness (QED) is 0.0108. The van der Waals surface area contributed by atoms with Crippen molar-refractivity contribution in [1.82, 2.24) is 68.4 Å². The zero-order valence-corrected chi connectivity index (χ0v) is 87.3. The number of unbranched alkanes of at least 4 members (excludes halogenated alkanes) is 4. The summed E-state index contributed by atoms with van der Waals surface area (Å²) in [4.78, 5) is 213. The number of urea groups is 1. The van der Waals surface area contributed by atoms with Gasteiger partial charge in [0.25, 0.3) is 0 Å². The number of nitrogens with one attached hydrogen (secondary N) is 13. The molecule has 0 saturated carbocycles. The average molecular weight is 1980 g/mol. The van der Waals surface area contributed by atoms with E-state index in [1.807, 2.05) is 37.4 Å². The van der Waals surface area contributed by atoms with Gasteiger partial charge in [0.05, 0.1) is 22.8 Å². The monoisotopic (exact) mass is 1980 g/mol. The number of nitrogens with two attached hydrogens (primary N) is 1. The fourth-order valence-corrected chi connectivity index (χ4v) is 14.7. The van der Waals surface area contributed by atoms with Crippen LogP contribution in [0.2, 0.25) is 0 Å². The molecular weight excluding hydrogens is 1820 g/mol. The molecule has 5 rings (SSSR count). The highest BCUT2D eigenvalue weighted by molar-refractivity contribution is 8.00. The molecule has 2 fully saturated rings. The number of nitrogens with zero attached hydrogens (tertiary/aromatic N) is 3. The number of imide groups is 2. The van der Waals surface area contributed by atoms with Crippen molar-refractivity contribution in [2.24, 2.45) is 56.7 Å². The van der Waals surface area contributed by atoms with Crippen LogP contribution < -0.4 is 79.7 Å². The number of primary amides is 1. The third-order valence-corrected chi connectivity index (χ3v) is 26.9. The van der Waals surface area contributed by atoms with Gasteiger partial charge in [0.2, 0.25) is 82.7 Å². The second-order valence-electron chi connectivity index (χ2n) is 38.6. The van der Waals surface area contributed by atoms with Crippen LogP contribution in [0.3, 0.4) is 0 Å². The third-order valence-electron chi connectivity index (χ3n) is 25.1. The topological polar surface area (TPSA) is 519 Å². The normalized spacial score (nSPS) is 14.7. The van der Waals surface area contributed by atoms with Gasteiger partial charge in [-0.1, -0.05) is 148 Å². The maximum absolute atomic E-state index is 13.5. The lowest BCUT2D eigenvalue weighted by Crippen LogP contribution is -2.54. The van der Waals surface area contributed by atoms with Crippen molar-refractivity contribution in [3.63, 3.8) is 0 Å². The van der Waals surface area contributed by atoms with Gasteiger partial charge in [0, 0.05) is 116 Å². The molecule has 3 aromatic rings. The maximum atomic E-state index is 13.5. The van der Waals surface area contributed by atoms with Crippen LogP contribution in [0.25, 0.3) is 0 Å². The molecule has 776 valence electrons. The van der Waals surface area contributed by atoms with Gasteiger partial charge in [-0.2, -0.15) is 28.6 Å². The highest BCUT2D eigenvalue weighted by Crippen LogP contribution is 2.34. The summed E-state index contributed by atoms with van der Waals surface area (Å²) in [6, 6.07) is 16.4. The summed E-state index contributed by atoms with van der Waals surface area (Å²) in [5.41, 5.74) is 11.8. The number of alkyl carbamates (subject to hydrolysis) is 2. The molecule has 2 aliphatic rings. The van der Waals surface area contributed by atoms with Crippen LogP contribution in [-0.2, 0) is 89.8 Å². The Kier molecular flexibility index (Phi) is 55.5. The molecule has 0 bridgehead atoms. The lowest BCUT2D eigenvalue weighted by molar-refractivity contribution is -0.139. The summed E-state index contributed by atoms with van der Waals surface area (Å²) in [5, 5.41) is 35.9. The summed E-state index contributed by atoms with van der Waals surface area (Å²) in [6.07, 6.45) is 11.0. The van der Waals surface area contributed by atoms with Gasteiger partial charge in [-0.3, -0.25) is 76.9 Å². The molecule has 3 aromatic carbocycles. The van der Waals surface area contributed by atoms with E-state index in [2.05, 4.69) is 157 Å². The number of amides is 18. The van der Waals surface area contributed by atoms with Gasteiger partial charge < -0.3 is 83.7 Å². The van der Waals surface area contributed by atoms with Gasteiger partial charge in [-0.25, -0.2) is 19.8 Å². The minimum absolute atomic E-state index is 0.00479. The molecule has 18 amide bonds. The summed E-state index contributed by atoms with van der Waals surface area (Å²) >= 11 is 2.74. The Morgan fingerprint density at radius 3 is 1.27 bits per heavy atom. The van der Waals surface area contributed by atoms with Crippen LogP contribution in [0.15, 0.2) is 77.9 Å². The van der Waals surface area contributed by atoms with Crippen molar-refractivity contribution in [3.8, 4) is 5.75 Å². The Morgan fingerprint density at radius 1 is 0.453 bits per heavy atom. The Morgan fingerprint density at radius 2 is 0.871 bits per heavy atom. The molecule has 0 aromatic heterocycles. The molecule has 15 N–H and O–H groups in total. The summed E-state index contributed by atoms with van der Waals surface area (Å²) in [5.74, 6) is -1.97. The van der Waals surface area contributed by atoms with Crippen molar-refractivity contribution in [1.29, 1.82) is 0 Å². The molecule has 6 atom stereocenters. The number of hydrogen-bond donors (Lipinski definition) is 14. The Hall–Kier alpha value is -11.4. The van der Waals surface area contributed by atoms with Crippen LogP contribution in [0.5, 0.6) is 5.75 Å². The molecule has 0 spiro atoms. The molecule has 139 heavy (non-hydrogen) atoms. The van der Waals surface area contributed by atoms with Gasteiger partial charge in [0.15, 0.2) is 0 Å². The number of thioether (sulfide) groups is 2. The number of hydrazone groups is 1. The third kappa shape index (κ3) is 47.9. The predicted molar refractivity (Wildman–Crippen MR) is 541 cm³/mol. The van der Waals surface area contributed by atoms with E-state index in [-0.39, 0.29) is 169 Å². The lowest BCUT2D eigenvalue weighted by Gasteiger charge is -2.28. The van der Waals surface area contributed by atoms with E-state index >= 15 is 0 Å². The number of carbonyl (C=O) groups excluding carboxylic acids is 17. The van der Waals surface area contributed by atoms with E-state index in [0.717, 1.165) is 29.9 Å². The smallest absolute Gasteiger partial charge is 0.407 e. The zero-order valence-electron chi connectivity index (χ0n) is 85.7. The fourth-order valence-electron chi connectivity index (χ4n) is 13.4. The molecule has 39 heteroatoms. The lowest BCUT2D eigenvalue weighted by atomic mass is 9.77. The number of benzene rings is 3. The summed E-state index contributed by atoms with van der Waals surface area (Å²) in [6.45, 7) is 38.3. The largest absolute Gasteiger partial charge is 0.494 e. The average Bonchev–Trinajstić information content (AvgIpc) is 1.65. The molecule has 2 heterocycles. The van der Waals surface area contributed by atoms with Gasteiger partial charge in [-0.05, 0) is 195 Å². The van der Waals surface area contributed by atoms with E-state index in [4.69, 9.17) is 19.9 Å². The van der Waals surface area contributed by atoms with Crippen LogP contribution in [0, 0.1) is 45.8 Å². The Bertz CT molecular complexity index is 4510. The molecule has 2 unspecified atom stereocenters. The number of anilines is 2. The first-order valence-electron chi connectivity index (χ1n) is 48.3. The molecule has 0 radical (unpaired) electrons. The Balaban J connectivity index is 0.000000571. The summed E-state index contributed by atoms with van der Waals surface area (Å²) < 4.78 is 16.1. The number of ether oxygens (including phenoxy) is 3. The van der Waals surface area contributed by atoms with Gasteiger partial charge >= 0.3 is 18.2 Å². The van der Waals surface area contributed by atoms with Gasteiger partial charge in [-0.15, -0.1) is 0 Å². The minimum atomic E-state index is -1.03. The molecule has 0 aliphatic carbocycles. The van der Waals surface area contributed by atoms with Crippen molar-refractivity contribution >= 4 is 142 Å². The van der Waals surface area contributed by atoms with E-state index in [9.17, 15) is 81.5 Å². The fraction of sp³-hybridized carbons (Fsp3) is 0.640. The first kappa shape index (κ1) is 122. The van der Waals surface area contributed by atoms with Crippen molar-refractivity contribution in [2.45, 2.75) is 295 Å². The number of carbonyl (C=O) groups is 17. The highest BCUT2D eigenvalue weighted by atomic mass is 32.2. The number of rotatable bonds is 58. The number of hydrogen-bond acceptors (Lipinski definition) is 23. The molecule has 2 saturated heterocycles. The highest BCUT2D eigenvalue weighted by Gasteiger charge is 2.40. The first-order chi connectivity index (χ1) is 65.4. The molecule has 37 nitrogen and oxygen atoms in total. The standard InChI is InChI=1S/C41H66N8O9S.C38H60N6O8S.C21H33N3O3/c1-26(2)35(48-33(51)13-9-8-10-23-49-34(52)24-31(59-7)38(49)55)37(54)47-30(12-11-20-44-39(42)56)36(53)46-29-16-14-28(15-17-29)25-58-40(57)45-22-21-43-32(50)18-19-41(5,6)27(3)4;1-24(2)33(43-31(46)12-10-9-11-21-44-32(47)22-29(53-8)36(44)50)35(49)41-26(5)34(48)42-28-15-13-27(14-16-28)23-52-37(51)40-20-19-39-30(45)17-18-38(6,7)25(3)4;1-15(2)21(4,5)14-20(26)24-23-16(3)17-9-11-18(12-10-17)27-13-7-8-19(25)22-6/h14-17,26-27,30-31,35H,8-13,18-25H2,1-7H3,(H,43,50)(H,45,57)(H,46,53)(H,47,54)(H,48,51)(H3,42,44,56);13-16,24-26,29,33H,9-12,17-23H2,1-8H3,(H,39,45)(H,40,51)(H,41,49)(H,42,48)(H,43,46);9-12,15H,7-8,13-14H2,1-6H3,(H,22,25)(H,24,26)/b;;23-16+/t30-,31?,35-;26-,29?,33-;/m00./s1. The Labute approximate surface area is 830 Å². The summed E-state index contributed by atoms with van der Waals surface area (Å²) in [7, 11) is 1.62. The second kappa shape index (κ2) is 63.3. The van der Waals surface area contributed by atoms with Crippen LogP contribution in [0.4, 0.5) is 25.8 Å². The van der Waals surface area contributed by atoms with Crippen LogP contribution in [-0.4, -0.2) is 223 Å². The van der Waals surface area contributed by atoms with E-state index in [1.165, 1.54) is 33.3 Å².